The summed E-state index contributed by atoms with van der Waals surface area (Å²) in [5.41, 5.74) is 2.61. The summed E-state index contributed by atoms with van der Waals surface area (Å²) in [5, 5.41) is 8.33. The first kappa shape index (κ1) is 15.1. The molecule has 0 radical (unpaired) electrons. The van der Waals surface area contributed by atoms with E-state index in [1.54, 1.807) is 0 Å². The van der Waals surface area contributed by atoms with E-state index >= 15 is 0 Å². The Morgan fingerprint density at radius 2 is 2.20 bits per heavy atom. The number of benzene rings is 1. The van der Waals surface area contributed by atoms with Crippen LogP contribution in [0.25, 0.3) is 0 Å². The summed E-state index contributed by atoms with van der Waals surface area (Å²) < 4.78 is 1.86. The molecule has 1 heterocycles. The Kier molecular flexibility index (Phi) is 5.62. The van der Waals surface area contributed by atoms with Crippen LogP contribution in [0.5, 0.6) is 0 Å². The van der Waals surface area contributed by atoms with E-state index in [1.807, 2.05) is 37.1 Å². The molecule has 20 heavy (non-hydrogen) atoms. The maximum Gasteiger partial charge on any atom is 0.0521 e. The topological polar surface area (TPSA) is 29.9 Å². The van der Waals surface area contributed by atoms with Crippen molar-refractivity contribution < 1.29 is 0 Å². The van der Waals surface area contributed by atoms with Crippen LogP contribution < -0.4 is 5.32 Å². The number of hydrogen-bond donors (Lipinski definition) is 1. The molecule has 3 nitrogen and oxygen atoms in total. The molecule has 0 spiro atoms. The molecule has 1 unspecified atom stereocenters. The van der Waals surface area contributed by atoms with Gasteiger partial charge < -0.3 is 5.32 Å². The maximum atomic E-state index is 6.05. The van der Waals surface area contributed by atoms with Crippen LogP contribution in [0.1, 0.15) is 17.5 Å². The average Bonchev–Trinajstić information content (AvgIpc) is 2.82. The Bertz CT molecular complexity index is 536. The van der Waals surface area contributed by atoms with E-state index in [0.29, 0.717) is 5.92 Å². The van der Waals surface area contributed by atoms with Crippen molar-refractivity contribution in [1.29, 1.82) is 0 Å². The molecule has 2 aromatic rings. The van der Waals surface area contributed by atoms with Crippen LogP contribution in [-0.4, -0.2) is 23.4 Å². The second-order valence-electron chi connectivity index (χ2n) is 5.32. The molecule has 0 bridgehead atoms. The number of nitrogens with zero attached hydrogens (tertiary/aromatic N) is 2. The fourth-order valence-electron chi connectivity index (χ4n) is 2.53. The molecular formula is C16H22ClN3. The Balaban J connectivity index is 1.92. The summed E-state index contributed by atoms with van der Waals surface area (Å²) in [6, 6.07) is 8.16. The van der Waals surface area contributed by atoms with Gasteiger partial charge in [0.05, 0.1) is 6.20 Å². The maximum absolute atomic E-state index is 6.05. The van der Waals surface area contributed by atoms with E-state index in [9.17, 15) is 0 Å². The fourth-order valence-corrected chi connectivity index (χ4v) is 2.75. The molecule has 1 N–H and O–H groups in total. The second-order valence-corrected chi connectivity index (χ2v) is 5.76. The third-order valence-electron chi connectivity index (χ3n) is 3.51. The Morgan fingerprint density at radius 1 is 1.35 bits per heavy atom. The Labute approximate surface area is 126 Å². The van der Waals surface area contributed by atoms with Gasteiger partial charge in [-0.25, -0.2) is 0 Å². The van der Waals surface area contributed by atoms with Crippen molar-refractivity contribution in [2.45, 2.75) is 19.3 Å². The van der Waals surface area contributed by atoms with Gasteiger partial charge >= 0.3 is 0 Å². The van der Waals surface area contributed by atoms with Gasteiger partial charge in [0, 0.05) is 18.3 Å². The second kappa shape index (κ2) is 7.46. The zero-order valence-corrected chi connectivity index (χ0v) is 12.9. The quantitative estimate of drug-likeness (QED) is 0.849. The number of hydrogen-bond acceptors (Lipinski definition) is 2. The molecule has 0 saturated carbocycles. The van der Waals surface area contributed by atoms with Gasteiger partial charge in [0.15, 0.2) is 0 Å². The van der Waals surface area contributed by atoms with Gasteiger partial charge in [-0.3, -0.25) is 4.68 Å². The first-order valence-electron chi connectivity index (χ1n) is 7.04. The van der Waals surface area contributed by atoms with E-state index in [2.05, 4.69) is 28.7 Å². The van der Waals surface area contributed by atoms with Crippen molar-refractivity contribution in [2.75, 3.05) is 13.6 Å². The molecule has 1 aromatic carbocycles. The van der Waals surface area contributed by atoms with Crippen LogP contribution in [0.2, 0.25) is 5.02 Å². The molecule has 108 valence electrons. The van der Waals surface area contributed by atoms with Crippen molar-refractivity contribution in [2.24, 2.45) is 13.0 Å². The number of rotatable bonds is 7. The lowest BCUT2D eigenvalue weighted by molar-refractivity contribution is 0.461. The normalized spacial score (nSPS) is 12.6. The van der Waals surface area contributed by atoms with E-state index in [1.165, 1.54) is 11.1 Å². The van der Waals surface area contributed by atoms with E-state index in [4.69, 9.17) is 11.6 Å². The van der Waals surface area contributed by atoms with Gasteiger partial charge in [-0.05, 0) is 62.0 Å². The number of aryl methyl sites for hydroxylation is 2. The summed E-state index contributed by atoms with van der Waals surface area (Å²) in [6.45, 7) is 1.02. The molecule has 4 heteroatoms. The molecule has 0 aliphatic heterocycles. The van der Waals surface area contributed by atoms with E-state index in [0.717, 1.165) is 30.8 Å². The van der Waals surface area contributed by atoms with Crippen LogP contribution in [0, 0.1) is 5.92 Å². The summed E-state index contributed by atoms with van der Waals surface area (Å²) in [4.78, 5) is 0. The molecule has 1 atom stereocenters. The van der Waals surface area contributed by atoms with Crippen LogP contribution in [0.3, 0.4) is 0 Å². The molecule has 2 rings (SSSR count). The largest absolute Gasteiger partial charge is 0.319 e. The zero-order chi connectivity index (χ0) is 14.4. The van der Waals surface area contributed by atoms with Crippen molar-refractivity contribution in [3.05, 3.63) is 52.8 Å². The highest BCUT2D eigenvalue weighted by atomic mass is 35.5. The lowest BCUT2D eigenvalue weighted by Gasteiger charge is -2.16. The van der Waals surface area contributed by atoms with Crippen LogP contribution in [0.15, 0.2) is 36.7 Å². The predicted octanol–water partition coefficient (Wildman–Crippen LogP) is 3.08. The number of aromatic nitrogens is 2. The van der Waals surface area contributed by atoms with Gasteiger partial charge in [-0.15, -0.1) is 0 Å². The van der Waals surface area contributed by atoms with Crippen molar-refractivity contribution in [3.63, 3.8) is 0 Å². The molecule has 0 amide bonds. The fraction of sp³-hybridized carbons (Fsp3) is 0.438. The molecular weight excluding hydrogens is 270 g/mol. The van der Waals surface area contributed by atoms with Crippen LogP contribution in [0.4, 0.5) is 0 Å². The first-order chi connectivity index (χ1) is 9.67. The third-order valence-corrected chi connectivity index (χ3v) is 3.74. The zero-order valence-electron chi connectivity index (χ0n) is 12.1. The molecule has 0 aliphatic carbocycles. The molecule has 0 saturated heterocycles. The lowest BCUT2D eigenvalue weighted by Crippen LogP contribution is -2.21. The standard InChI is InChI=1S/C16H22ClN3/c1-18-10-14(6-7-15-11-19-20(2)12-15)8-13-4-3-5-16(17)9-13/h3-5,9,11-12,14,18H,6-8,10H2,1-2H3. The van der Waals surface area contributed by atoms with Gasteiger partial charge in [-0.1, -0.05) is 23.7 Å². The highest BCUT2D eigenvalue weighted by molar-refractivity contribution is 6.30. The first-order valence-corrected chi connectivity index (χ1v) is 7.41. The van der Waals surface area contributed by atoms with Gasteiger partial charge in [0.2, 0.25) is 0 Å². The minimum Gasteiger partial charge on any atom is -0.319 e. The van der Waals surface area contributed by atoms with Crippen molar-refractivity contribution in [3.8, 4) is 0 Å². The van der Waals surface area contributed by atoms with E-state index < -0.39 is 0 Å². The summed E-state index contributed by atoms with van der Waals surface area (Å²) >= 11 is 6.05. The Morgan fingerprint density at radius 3 is 2.85 bits per heavy atom. The predicted molar refractivity (Wildman–Crippen MR) is 84.1 cm³/mol. The van der Waals surface area contributed by atoms with Gasteiger partial charge in [0.1, 0.15) is 0 Å². The van der Waals surface area contributed by atoms with Crippen molar-refractivity contribution in [1.82, 2.24) is 15.1 Å². The Hall–Kier alpha value is -1.32. The summed E-state index contributed by atoms with van der Waals surface area (Å²) in [7, 11) is 3.97. The van der Waals surface area contributed by atoms with Crippen molar-refractivity contribution >= 4 is 11.6 Å². The monoisotopic (exact) mass is 291 g/mol. The smallest absolute Gasteiger partial charge is 0.0521 e. The molecule has 0 aliphatic rings. The molecule has 0 fully saturated rings. The van der Waals surface area contributed by atoms with Gasteiger partial charge in [0.25, 0.3) is 0 Å². The number of halogens is 1. The SMILES string of the molecule is CNCC(CCc1cnn(C)c1)Cc1cccc(Cl)c1. The highest BCUT2D eigenvalue weighted by Gasteiger charge is 2.10. The third kappa shape index (κ3) is 4.66. The summed E-state index contributed by atoms with van der Waals surface area (Å²) in [5.74, 6) is 0.610. The van der Waals surface area contributed by atoms with Crippen LogP contribution >= 0.6 is 11.6 Å². The van der Waals surface area contributed by atoms with E-state index in [-0.39, 0.29) is 0 Å². The number of nitrogens with one attached hydrogen (secondary N) is 1. The van der Waals surface area contributed by atoms with Gasteiger partial charge in [-0.2, -0.15) is 5.10 Å². The van der Waals surface area contributed by atoms with Crippen LogP contribution in [-0.2, 0) is 19.9 Å². The average molecular weight is 292 g/mol. The molecule has 1 aromatic heterocycles. The summed E-state index contributed by atoms with van der Waals surface area (Å²) in [6.07, 6.45) is 7.33. The highest BCUT2D eigenvalue weighted by Crippen LogP contribution is 2.18. The minimum absolute atomic E-state index is 0.610. The lowest BCUT2D eigenvalue weighted by atomic mass is 9.93. The minimum atomic E-state index is 0.610.